The van der Waals surface area contributed by atoms with Gasteiger partial charge in [0.1, 0.15) is 6.04 Å². The normalized spacial score (nSPS) is 16.5. The second kappa shape index (κ2) is 6.47. The fourth-order valence-electron chi connectivity index (χ4n) is 2.33. The Morgan fingerprint density at radius 3 is 2.48 bits per heavy atom. The van der Waals surface area contributed by atoms with Gasteiger partial charge in [-0.2, -0.15) is 0 Å². The largest absolute Gasteiger partial charge is 0.480 e. The molecule has 114 valence electrons. The Bertz CT molecular complexity index is 525. The monoisotopic (exact) mass is 291 g/mol. The molecule has 0 spiro atoms. The molecule has 6 nitrogen and oxygen atoms in total. The average molecular weight is 291 g/mol. The van der Waals surface area contributed by atoms with E-state index in [0.29, 0.717) is 13.1 Å². The van der Waals surface area contributed by atoms with E-state index in [1.165, 1.54) is 12.5 Å². The molecule has 1 aromatic rings. The number of piperazine rings is 1. The van der Waals surface area contributed by atoms with E-state index in [0.717, 1.165) is 18.8 Å². The van der Waals surface area contributed by atoms with Crippen molar-refractivity contribution in [2.24, 2.45) is 0 Å². The van der Waals surface area contributed by atoms with Crippen LogP contribution < -0.4 is 10.2 Å². The van der Waals surface area contributed by atoms with Crippen molar-refractivity contribution in [1.29, 1.82) is 0 Å². The first-order valence-corrected chi connectivity index (χ1v) is 7.07. The zero-order chi connectivity index (χ0) is 15.4. The number of benzene rings is 1. The summed E-state index contributed by atoms with van der Waals surface area (Å²) in [6, 6.07) is 7.09. The number of carboxylic acids is 1. The van der Waals surface area contributed by atoms with Crippen molar-refractivity contribution < 1.29 is 14.7 Å². The summed E-state index contributed by atoms with van der Waals surface area (Å²) in [5.41, 5.74) is 2.37. The zero-order valence-corrected chi connectivity index (χ0v) is 12.4. The van der Waals surface area contributed by atoms with Gasteiger partial charge in [0, 0.05) is 31.9 Å². The molecule has 0 radical (unpaired) electrons. The van der Waals surface area contributed by atoms with E-state index < -0.39 is 12.0 Å². The first-order valence-electron chi connectivity index (χ1n) is 7.07. The topological polar surface area (TPSA) is 72.9 Å². The molecule has 6 heteroatoms. The molecule has 1 fully saturated rings. The van der Waals surface area contributed by atoms with Gasteiger partial charge >= 0.3 is 12.0 Å². The number of nitrogens with one attached hydrogen (secondary N) is 1. The van der Waals surface area contributed by atoms with E-state index in [9.17, 15) is 9.59 Å². The van der Waals surface area contributed by atoms with Gasteiger partial charge in [0.05, 0.1) is 0 Å². The summed E-state index contributed by atoms with van der Waals surface area (Å²) in [5, 5.41) is 11.3. The molecule has 2 N–H and O–H groups in total. The van der Waals surface area contributed by atoms with Gasteiger partial charge in [-0.05, 0) is 31.5 Å². The second-order valence-corrected chi connectivity index (χ2v) is 5.32. The fourth-order valence-corrected chi connectivity index (χ4v) is 2.33. The molecule has 0 unspecified atom stereocenters. The number of carbonyl (C=O) groups excluding carboxylic acids is 1. The predicted molar refractivity (Wildman–Crippen MR) is 80.6 cm³/mol. The van der Waals surface area contributed by atoms with Gasteiger partial charge in [0.2, 0.25) is 0 Å². The van der Waals surface area contributed by atoms with Gasteiger partial charge < -0.3 is 20.2 Å². The van der Waals surface area contributed by atoms with Crippen LogP contribution >= 0.6 is 0 Å². The van der Waals surface area contributed by atoms with Gasteiger partial charge in [0.25, 0.3) is 0 Å². The molecule has 1 aliphatic heterocycles. The van der Waals surface area contributed by atoms with Crippen molar-refractivity contribution in [3.8, 4) is 0 Å². The third kappa shape index (κ3) is 3.87. The van der Waals surface area contributed by atoms with E-state index in [-0.39, 0.29) is 6.03 Å². The SMILES string of the molecule is Cc1cccc(N2CCN(C(=O)N[C@@H](C)C(=O)O)CC2)c1. The Balaban J connectivity index is 1.88. The number of aryl methyl sites for hydroxylation is 1. The maximum atomic E-state index is 11.9. The number of aliphatic carboxylic acids is 1. The van der Waals surface area contributed by atoms with Gasteiger partial charge in [0.15, 0.2) is 0 Å². The number of carbonyl (C=O) groups is 2. The summed E-state index contributed by atoms with van der Waals surface area (Å²) in [6.07, 6.45) is 0. The number of carboxylic acid groups (broad SMARTS) is 1. The summed E-state index contributed by atoms with van der Waals surface area (Å²) >= 11 is 0. The molecule has 0 saturated carbocycles. The van der Waals surface area contributed by atoms with Crippen molar-refractivity contribution in [3.63, 3.8) is 0 Å². The van der Waals surface area contributed by atoms with E-state index in [1.54, 1.807) is 4.90 Å². The second-order valence-electron chi connectivity index (χ2n) is 5.32. The molecule has 1 heterocycles. The number of nitrogens with zero attached hydrogens (tertiary/aromatic N) is 2. The van der Waals surface area contributed by atoms with Crippen LogP contribution in [0.1, 0.15) is 12.5 Å². The number of rotatable bonds is 3. The maximum Gasteiger partial charge on any atom is 0.325 e. The van der Waals surface area contributed by atoms with E-state index >= 15 is 0 Å². The van der Waals surface area contributed by atoms with Crippen molar-refractivity contribution >= 4 is 17.7 Å². The molecule has 0 aliphatic carbocycles. The van der Waals surface area contributed by atoms with Crippen LogP contribution in [0.3, 0.4) is 0 Å². The predicted octanol–water partition coefficient (Wildman–Crippen LogP) is 1.30. The highest BCUT2D eigenvalue weighted by atomic mass is 16.4. The van der Waals surface area contributed by atoms with Crippen molar-refractivity contribution in [2.45, 2.75) is 19.9 Å². The zero-order valence-electron chi connectivity index (χ0n) is 12.4. The molecule has 2 amide bonds. The molecular formula is C15H21N3O3. The van der Waals surface area contributed by atoms with Crippen LogP contribution in [0.4, 0.5) is 10.5 Å². The van der Waals surface area contributed by atoms with Crippen LogP contribution in [0, 0.1) is 6.92 Å². The summed E-state index contributed by atoms with van der Waals surface area (Å²) < 4.78 is 0. The third-order valence-corrected chi connectivity index (χ3v) is 3.64. The van der Waals surface area contributed by atoms with Gasteiger partial charge in [-0.25, -0.2) is 4.79 Å². The lowest BCUT2D eigenvalue weighted by Gasteiger charge is -2.36. The van der Waals surface area contributed by atoms with Gasteiger partial charge in [-0.1, -0.05) is 12.1 Å². The van der Waals surface area contributed by atoms with Crippen molar-refractivity contribution in [3.05, 3.63) is 29.8 Å². The fraction of sp³-hybridized carbons (Fsp3) is 0.467. The van der Waals surface area contributed by atoms with Crippen LogP contribution in [0.5, 0.6) is 0 Å². The standard InChI is InChI=1S/C15H21N3O3/c1-11-4-3-5-13(10-11)17-6-8-18(9-7-17)15(21)16-12(2)14(19)20/h3-5,10,12H,6-9H2,1-2H3,(H,16,21)(H,19,20)/t12-/m0/s1. The summed E-state index contributed by atoms with van der Waals surface area (Å²) in [5.74, 6) is -1.03. The quantitative estimate of drug-likeness (QED) is 0.880. The first-order chi connectivity index (χ1) is 9.97. The van der Waals surface area contributed by atoms with Gasteiger partial charge in [-0.15, -0.1) is 0 Å². The molecular weight excluding hydrogens is 270 g/mol. The summed E-state index contributed by atoms with van der Waals surface area (Å²) in [4.78, 5) is 26.6. The average Bonchev–Trinajstić information content (AvgIpc) is 2.47. The highest BCUT2D eigenvalue weighted by molar-refractivity contribution is 5.82. The number of urea groups is 1. The molecule has 1 aliphatic rings. The van der Waals surface area contributed by atoms with Crippen LogP contribution in [-0.4, -0.2) is 54.2 Å². The molecule has 2 rings (SSSR count). The lowest BCUT2D eigenvalue weighted by molar-refractivity contribution is -0.138. The highest BCUT2D eigenvalue weighted by Gasteiger charge is 2.23. The number of amides is 2. The van der Waals surface area contributed by atoms with Crippen LogP contribution in [0.25, 0.3) is 0 Å². The van der Waals surface area contributed by atoms with Gasteiger partial charge in [-0.3, -0.25) is 4.79 Å². The molecule has 1 atom stereocenters. The molecule has 0 bridgehead atoms. The van der Waals surface area contributed by atoms with E-state index in [1.807, 2.05) is 6.07 Å². The van der Waals surface area contributed by atoms with E-state index in [4.69, 9.17) is 5.11 Å². The minimum Gasteiger partial charge on any atom is -0.480 e. The molecule has 0 aromatic heterocycles. The van der Waals surface area contributed by atoms with Crippen molar-refractivity contribution in [1.82, 2.24) is 10.2 Å². The Morgan fingerprint density at radius 1 is 1.24 bits per heavy atom. The smallest absolute Gasteiger partial charge is 0.325 e. The Hall–Kier alpha value is -2.24. The summed E-state index contributed by atoms with van der Waals surface area (Å²) in [7, 11) is 0. The molecule has 1 aromatic carbocycles. The number of hydrogen-bond acceptors (Lipinski definition) is 3. The summed E-state index contributed by atoms with van der Waals surface area (Å²) in [6.45, 7) is 6.19. The van der Waals surface area contributed by atoms with Crippen LogP contribution in [-0.2, 0) is 4.79 Å². The van der Waals surface area contributed by atoms with E-state index in [2.05, 4.69) is 35.3 Å². The minimum atomic E-state index is -1.03. The maximum absolute atomic E-state index is 11.9. The lowest BCUT2D eigenvalue weighted by Crippen LogP contribution is -2.54. The Kier molecular flexibility index (Phi) is 4.67. The molecule has 1 saturated heterocycles. The highest BCUT2D eigenvalue weighted by Crippen LogP contribution is 2.17. The molecule has 21 heavy (non-hydrogen) atoms. The first kappa shape index (κ1) is 15.2. The number of hydrogen-bond donors (Lipinski definition) is 2. The minimum absolute atomic E-state index is 0.311. The van der Waals surface area contributed by atoms with Crippen LogP contribution in [0.15, 0.2) is 24.3 Å². The van der Waals surface area contributed by atoms with Crippen LogP contribution in [0.2, 0.25) is 0 Å². The Morgan fingerprint density at radius 2 is 1.90 bits per heavy atom. The third-order valence-electron chi connectivity index (χ3n) is 3.64. The Labute approximate surface area is 124 Å². The lowest BCUT2D eigenvalue weighted by atomic mass is 10.2. The number of anilines is 1. The van der Waals surface area contributed by atoms with Crippen molar-refractivity contribution in [2.75, 3.05) is 31.1 Å².